The second-order valence-corrected chi connectivity index (χ2v) is 18.1. The fourth-order valence-electron chi connectivity index (χ4n) is 11.0. The number of nitrogens with zero attached hydrogens (tertiary/aromatic N) is 3. The van der Waals surface area contributed by atoms with E-state index < -0.39 is 0 Å². The number of para-hydroxylation sites is 4. The number of hydrogen-bond acceptors (Lipinski definition) is 1. The Hall–Kier alpha value is -8.40. The van der Waals surface area contributed by atoms with Crippen LogP contribution < -0.4 is 4.90 Å². The molecule has 67 heavy (non-hydrogen) atoms. The summed E-state index contributed by atoms with van der Waals surface area (Å²) in [6, 6.07) is 77.9. The molecular weight excluding hydrogens is 811 g/mol. The summed E-state index contributed by atoms with van der Waals surface area (Å²) >= 11 is 0. The van der Waals surface area contributed by atoms with Gasteiger partial charge in [-0.25, -0.2) is 0 Å². The fourth-order valence-corrected chi connectivity index (χ4v) is 11.0. The normalized spacial score (nSPS) is 13.4. The first-order valence-corrected chi connectivity index (χ1v) is 23.3. The summed E-state index contributed by atoms with van der Waals surface area (Å²) in [5.41, 5.74) is 19.5. The maximum absolute atomic E-state index is 4.34. The Morgan fingerprint density at radius 2 is 1.06 bits per heavy atom. The molecule has 0 radical (unpaired) electrons. The number of benzene rings is 9. The van der Waals surface area contributed by atoms with Crippen LogP contribution in [0.5, 0.6) is 0 Å². The molecule has 3 nitrogen and oxygen atoms in total. The highest BCUT2D eigenvalue weighted by atomic mass is 15.2. The van der Waals surface area contributed by atoms with Gasteiger partial charge in [-0.05, 0) is 113 Å². The molecule has 0 atom stereocenters. The molecule has 320 valence electrons. The highest BCUT2D eigenvalue weighted by molar-refractivity contribution is 6.17. The monoisotopic (exact) mass is 859 g/mol. The third-order valence-electron chi connectivity index (χ3n) is 14.0. The van der Waals surface area contributed by atoms with Crippen molar-refractivity contribution in [3.05, 3.63) is 254 Å². The van der Waals surface area contributed by atoms with E-state index in [0.29, 0.717) is 0 Å². The first-order chi connectivity index (χ1) is 32.9. The van der Waals surface area contributed by atoms with Crippen molar-refractivity contribution in [1.29, 1.82) is 0 Å². The smallest absolute Gasteiger partial charge is 0.0583 e. The molecule has 12 rings (SSSR count). The Morgan fingerprint density at radius 1 is 0.478 bits per heavy atom. The van der Waals surface area contributed by atoms with Crippen LogP contribution in [0.2, 0.25) is 0 Å². The molecule has 11 aromatic rings. The van der Waals surface area contributed by atoms with Crippen LogP contribution in [0.3, 0.4) is 0 Å². The summed E-state index contributed by atoms with van der Waals surface area (Å²) < 4.78 is 4.95. The van der Waals surface area contributed by atoms with Crippen molar-refractivity contribution in [2.24, 2.45) is 0 Å². The van der Waals surface area contributed by atoms with E-state index in [1.807, 2.05) is 0 Å². The third-order valence-corrected chi connectivity index (χ3v) is 14.0. The van der Waals surface area contributed by atoms with Gasteiger partial charge in [0.15, 0.2) is 0 Å². The van der Waals surface area contributed by atoms with Gasteiger partial charge in [-0.15, -0.1) is 0 Å². The maximum Gasteiger partial charge on any atom is 0.0583 e. The molecule has 0 amide bonds. The van der Waals surface area contributed by atoms with Crippen LogP contribution in [0, 0.1) is 0 Å². The van der Waals surface area contributed by atoms with E-state index in [1.54, 1.807) is 0 Å². The van der Waals surface area contributed by atoms with Crippen LogP contribution in [-0.4, -0.2) is 9.13 Å². The van der Waals surface area contributed by atoms with E-state index in [0.717, 1.165) is 50.6 Å². The van der Waals surface area contributed by atoms with E-state index in [9.17, 15) is 0 Å². The molecule has 2 heterocycles. The Balaban J connectivity index is 1.25. The average Bonchev–Trinajstić information content (AvgIpc) is 3.97. The van der Waals surface area contributed by atoms with Crippen molar-refractivity contribution in [1.82, 2.24) is 9.13 Å². The van der Waals surface area contributed by atoms with Gasteiger partial charge in [0.2, 0.25) is 0 Å². The number of allylic oxidation sites excluding steroid dienone is 5. The van der Waals surface area contributed by atoms with Crippen LogP contribution in [0.1, 0.15) is 31.9 Å². The second-order valence-electron chi connectivity index (χ2n) is 18.1. The van der Waals surface area contributed by atoms with Gasteiger partial charge < -0.3 is 14.0 Å². The maximum atomic E-state index is 4.34. The lowest BCUT2D eigenvalue weighted by atomic mass is 9.81. The molecule has 0 saturated carbocycles. The fraction of sp³-hybridized carbons (Fsp3) is 0.0625. The standard InChI is InChI=1S/C64H49N3/c1-5-22-49-54-40-47(36-37-56(54)64(3,4)55(49)6-2)65(60-38-35-45(43-23-10-7-11-24-43)39-53(60)44-25-12-8-13-26-44)48-41-61-63(52-31-18-21-34-59(52)66(61)46-27-14-9-15-28-46)62(42-48)67-57-32-19-16-29-50(57)51-30-17-20-33-58(51)67/h5-42H,2H2,1,3-4H3/b22-5-. The van der Waals surface area contributed by atoms with Crippen molar-refractivity contribution in [2.45, 2.75) is 26.2 Å². The summed E-state index contributed by atoms with van der Waals surface area (Å²) in [4.78, 5) is 2.51. The van der Waals surface area contributed by atoms with Gasteiger partial charge in [0.05, 0.1) is 39.1 Å². The summed E-state index contributed by atoms with van der Waals surface area (Å²) in [7, 11) is 0. The van der Waals surface area contributed by atoms with E-state index in [2.05, 4.69) is 272 Å². The molecule has 9 aromatic carbocycles. The van der Waals surface area contributed by atoms with E-state index in [-0.39, 0.29) is 5.41 Å². The molecule has 1 aliphatic carbocycles. The molecule has 0 unspecified atom stereocenters. The van der Waals surface area contributed by atoms with Gasteiger partial charge in [0.1, 0.15) is 0 Å². The lowest BCUT2D eigenvalue weighted by Crippen LogP contribution is -2.17. The molecule has 0 saturated heterocycles. The highest BCUT2D eigenvalue weighted by Crippen LogP contribution is 2.52. The Labute approximate surface area is 392 Å². The summed E-state index contributed by atoms with van der Waals surface area (Å²) in [6.45, 7) is 11.1. The number of fused-ring (bicyclic) bond motifs is 7. The lowest BCUT2D eigenvalue weighted by molar-refractivity contribution is 0.654. The predicted molar refractivity (Wildman–Crippen MR) is 286 cm³/mol. The second kappa shape index (κ2) is 15.9. The SMILES string of the molecule is C=CC1=C(/C=C\C)c2cc(N(c3cc(-n4c5ccccc5c5ccccc54)c4c5ccccc5n(-c5ccccc5)c4c3)c3ccc(-c4ccccc4)cc3-c3ccccc3)ccc2C1(C)C. The van der Waals surface area contributed by atoms with Crippen molar-refractivity contribution in [3.8, 4) is 33.6 Å². The molecule has 0 N–H and O–H groups in total. The van der Waals surface area contributed by atoms with Crippen molar-refractivity contribution < 1.29 is 0 Å². The first kappa shape index (κ1) is 40.1. The zero-order chi connectivity index (χ0) is 45.2. The zero-order valence-electron chi connectivity index (χ0n) is 38.0. The summed E-state index contributed by atoms with van der Waals surface area (Å²) in [5, 5.41) is 4.85. The number of hydrogen-bond donors (Lipinski definition) is 0. The topological polar surface area (TPSA) is 13.1 Å². The quantitative estimate of drug-likeness (QED) is 0.141. The molecule has 2 aromatic heterocycles. The van der Waals surface area contributed by atoms with Crippen LogP contribution in [0.4, 0.5) is 17.1 Å². The lowest BCUT2D eigenvalue weighted by Gasteiger charge is -2.30. The Morgan fingerprint density at radius 3 is 1.70 bits per heavy atom. The van der Waals surface area contributed by atoms with Crippen molar-refractivity contribution >= 4 is 66.2 Å². The molecule has 0 aliphatic heterocycles. The molecule has 3 heteroatoms. The summed E-state index contributed by atoms with van der Waals surface area (Å²) in [6.07, 6.45) is 6.46. The highest BCUT2D eigenvalue weighted by Gasteiger charge is 2.36. The minimum atomic E-state index is -0.207. The van der Waals surface area contributed by atoms with Gasteiger partial charge in [-0.3, -0.25) is 0 Å². The first-order valence-electron chi connectivity index (χ1n) is 23.3. The Bertz CT molecular complexity index is 3730. The van der Waals surface area contributed by atoms with Gasteiger partial charge >= 0.3 is 0 Å². The minimum Gasteiger partial charge on any atom is -0.310 e. The van der Waals surface area contributed by atoms with Crippen LogP contribution in [0.25, 0.3) is 82.8 Å². The number of anilines is 3. The van der Waals surface area contributed by atoms with Crippen molar-refractivity contribution in [2.75, 3.05) is 4.90 Å². The van der Waals surface area contributed by atoms with Gasteiger partial charge in [-0.2, -0.15) is 0 Å². The minimum absolute atomic E-state index is 0.207. The molecular formula is C64H49N3. The summed E-state index contributed by atoms with van der Waals surface area (Å²) in [5.74, 6) is 0. The molecule has 0 bridgehead atoms. The molecule has 1 aliphatic rings. The van der Waals surface area contributed by atoms with Gasteiger partial charge in [0.25, 0.3) is 0 Å². The van der Waals surface area contributed by atoms with E-state index in [4.69, 9.17) is 0 Å². The zero-order valence-corrected chi connectivity index (χ0v) is 38.0. The average molecular weight is 860 g/mol. The van der Waals surface area contributed by atoms with Crippen molar-refractivity contribution in [3.63, 3.8) is 0 Å². The molecule has 0 spiro atoms. The third kappa shape index (κ3) is 6.34. The van der Waals surface area contributed by atoms with Gasteiger partial charge in [-0.1, -0.05) is 184 Å². The van der Waals surface area contributed by atoms with Crippen LogP contribution in [0.15, 0.2) is 243 Å². The number of aromatic nitrogens is 2. The van der Waals surface area contributed by atoms with E-state index >= 15 is 0 Å². The molecule has 0 fully saturated rings. The van der Waals surface area contributed by atoms with Crippen LogP contribution in [-0.2, 0) is 5.41 Å². The largest absolute Gasteiger partial charge is 0.310 e. The van der Waals surface area contributed by atoms with Gasteiger partial charge in [0, 0.05) is 43.9 Å². The van der Waals surface area contributed by atoms with E-state index in [1.165, 1.54) is 66.0 Å². The number of rotatable bonds is 9. The Kier molecular flexibility index (Phi) is 9.55. The predicted octanol–water partition coefficient (Wildman–Crippen LogP) is 17.5. The van der Waals surface area contributed by atoms with Crippen LogP contribution >= 0.6 is 0 Å².